The molecule has 0 heterocycles. The van der Waals surface area contributed by atoms with Crippen LogP contribution in [0, 0.1) is 0 Å². The van der Waals surface area contributed by atoms with Gasteiger partial charge in [0, 0.05) is 12.0 Å². The first-order valence-corrected chi connectivity index (χ1v) is 9.99. The van der Waals surface area contributed by atoms with Crippen LogP contribution >= 0.6 is 7.60 Å². The predicted octanol–water partition coefficient (Wildman–Crippen LogP) is 4.25. The highest BCUT2D eigenvalue weighted by Crippen LogP contribution is 2.53. The zero-order valence-electron chi connectivity index (χ0n) is 14.6. The van der Waals surface area contributed by atoms with Crippen LogP contribution < -0.4 is 5.32 Å². The number of carbonyl (C=O) groups excluding carboxylic acids is 1. The van der Waals surface area contributed by atoms with Crippen LogP contribution in [-0.2, 0) is 20.0 Å². The van der Waals surface area contributed by atoms with E-state index in [4.69, 9.17) is 9.05 Å². The van der Waals surface area contributed by atoms with Gasteiger partial charge < -0.3 is 14.4 Å². The maximum atomic E-state index is 13.2. The smallest absolute Gasteiger partial charge is 0.338 e. The van der Waals surface area contributed by atoms with Gasteiger partial charge in [0.1, 0.15) is 5.78 Å². The van der Waals surface area contributed by atoms with Crippen molar-refractivity contribution in [3.05, 3.63) is 71.8 Å². The fourth-order valence-electron chi connectivity index (χ4n) is 2.48. The van der Waals surface area contributed by atoms with E-state index in [-0.39, 0.29) is 19.1 Å². The number of rotatable bonds is 9. The van der Waals surface area contributed by atoms with Gasteiger partial charge in [0.2, 0.25) is 0 Å². The first kappa shape index (κ1) is 19.4. The van der Waals surface area contributed by atoms with Crippen molar-refractivity contribution in [2.75, 3.05) is 13.2 Å². The molecule has 134 valence electrons. The van der Waals surface area contributed by atoms with Gasteiger partial charge in [0.15, 0.2) is 0 Å². The number of benzene rings is 2. The molecular weight excluding hydrogens is 337 g/mol. The summed E-state index contributed by atoms with van der Waals surface area (Å²) in [5.74, 6) is -1.07. The highest BCUT2D eigenvalue weighted by molar-refractivity contribution is 7.54. The van der Waals surface area contributed by atoms with E-state index in [0.717, 1.165) is 5.56 Å². The fraction of sp³-hybridized carbons (Fsp3) is 0.316. The molecular formula is C19H24NO4P. The Hall–Kier alpha value is -1.94. The minimum atomic E-state index is -3.50. The molecule has 0 aliphatic rings. The van der Waals surface area contributed by atoms with Crippen molar-refractivity contribution in [1.29, 1.82) is 0 Å². The average molecular weight is 361 g/mol. The first-order chi connectivity index (χ1) is 12.1. The molecule has 0 radical (unpaired) electrons. The van der Waals surface area contributed by atoms with Crippen LogP contribution in [0.3, 0.4) is 0 Å². The molecule has 5 nitrogen and oxygen atoms in total. The second-order valence-electron chi connectivity index (χ2n) is 5.42. The minimum absolute atomic E-state index is 0.240. The summed E-state index contributed by atoms with van der Waals surface area (Å²) in [7, 11) is -3.50. The molecule has 1 atom stereocenters. The van der Waals surface area contributed by atoms with Crippen molar-refractivity contribution in [1.82, 2.24) is 5.32 Å². The van der Waals surface area contributed by atoms with E-state index in [1.54, 1.807) is 38.1 Å². The SMILES string of the molecule is CCOP(=O)(OCC)[C@H](Cc1ccccc1)NC(=O)c1ccccc1. The molecule has 0 bridgehead atoms. The Balaban J connectivity index is 2.27. The highest BCUT2D eigenvalue weighted by atomic mass is 31.2. The van der Waals surface area contributed by atoms with Gasteiger partial charge >= 0.3 is 7.60 Å². The van der Waals surface area contributed by atoms with E-state index in [2.05, 4.69) is 5.32 Å². The van der Waals surface area contributed by atoms with Gasteiger partial charge in [-0.3, -0.25) is 9.36 Å². The Morgan fingerprint density at radius 1 is 0.960 bits per heavy atom. The molecule has 0 saturated carbocycles. The molecule has 1 N–H and O–H groups in total. The topological polar surface area (TPSA) is 64.6 Å². The average Bonchev–Trinajstić information content (AvgIpc) is 2.63. The molecule has 1 amide bonds. The number of nitrogens with one attached hydrogen (secondary N) is 1. The van der Waals surface area contributed by atoms with E-state index in [1.807, 2.05) is 36.4 Å². The van der Waals surface area contributed by atoms with Gasteiger partial charge in [0.25, 0.3) is 5.91 Å². The molecule has 0 fully saturated rings. The van der Waals surface area contributed by atoms with Crippen LogP contribution in [0.25, 0.3) is 0 Å². The standard InChI is InChI=1S/C19H24NO4P/c1-3-23-25(22,24-4-2)18(15-16-11-7-5-8-12-16)20-19(21)17-13-9-6-10-14-17/h5-14,18H,3-4,15H2,1-2H3,(H,20,21)/t18-/m1/s1. The zero-order valence-corrected chi connectivity index (χ0v) is 15.4. The van der Waals surface area contributed by atoms with Crippen molar-refractivity contribution in [3.8, 4) is 0 Å². The summed E-state index contributed by atoms with van der Waals surface area (Å²) in [5, 5.41) is 2.84. The lowest BCUT2D eigenvalue weighted by molar-refractivity contribution is 0.0937. The van der Waals surface area contributed by atoms with Gasteiger partial charge in [-0.1, -0.05) is 48.5 Å². The van der Waals surface area contributed by atoms with Gasteiger partial charge in [-0.15, -0.1) is 0 Å². The summed E-state index contributed by atoms with van der Waals surface area (Å²) in [6.45, 7) is 3.99. The Morgan fingerprint density at radius 3 is 2.00 bits per heavy atom. The summed E-state index contributed by atoms with van der Waals surface area (Å²) in [6.07, 6.45) is 0.358. The van der Waals surface area contributed by atoms with Crippen LogP contribution in [0.4, 0.5) is 0 Å². The van der Waals surface area contributed by atoms with E-state index < -0.39 is 13.4 Å². The Labute approximate surface area is 148 Å². The highest BCUT2D eigenvalue weighted by Gasteiger charge is 2.37. The lowest BCUT2D eigenvalue weighted by Crippen LogP contribution is -2.37. The van der Waals surface area contributed by atoms with E-state index in [9.17, 15) is 9.36 Å². The molecule has 2 aromatic rings. The number of hydrogen-bond donors (Lipinski definition) is 1. The summed E-state index contributed by atoms with van der Waals surface area (Å²) in [4.78, 5) is 12.6. The lowest BCUT2D eigenvalue weighted by atomic mass is 10.1. The third-order valence-electron chi connectivity index (χ3n) is 3.61. The normalized spacial score (nSPS) is 12.6. The second kappa shape index (κ2) is 9.52. The third kappa shape index (κ3) is 5.53. The molecule has 6 heteroatoms. The number of carbonyl (C=O) groups is 1. The molecule has 0 unspecified atom stereocenters. The number of amides is 1. The van der Waals surface area contributed by atoms with Gasteiger partial charge in [-0.25, -0.2) is 0 Å². The van der Waals surface area contributed by atoms with E-state index >= 15 is 0 Å². The molecule has 0 aliphatic heterocycles. The van der Waals surface area contributed by atoms with Crippen LogP contribution in [0.5, 0.6) is 0 Å². The van der Waals surface area contributed by atoms with Crippen molar-refractivity contribution in [2.45, 2.75) is 26.1 Å². The van der Waals surface area contributed by atoms with Crippen LogP contribution in [-0.4, -0.2) is 24.9 Å². The van der Waals surface area contributed by atoms with Crippen molar-refractivity contribution >= 4 is 13.5 Å². The first-order valence-electron chi connectivity index (χ1n) is 8.37. The quantitative estimate of drug-likeness (QED) is 0.678. The summed E-state index contributed by atoms with van der Waals surface area (Å²) in [6, 6.07) is 18.4. The van der Waals surface area contributed by atoms with Crippen molar-refractivity contribution in [3.63, 3.8) is 0 Å². The minimum Gasteiger partial charge on any atom is -0.338 e. The Kier molecular flexibility index (Phi) is 7.38. The lowest BCUT2D eigenvalue weighted by Gasteiger charge is -2.27. The monoisotopic (exact) mass is 361 g/mol. The molecule has 25 heavy (non-hydrogen) atoms. The Morgan fingerprint density at radius 2 is 1.48 bits per heavy atom. The van der Waals surface area contributed by atoms with Gasteiger partial charge in [0.05, 0.1) is 13.2 Å². The van der Waals surface area contributed by atoms with Gasteiger partial charge in [-0.05, 0) is 31.5 Å². The molecule has 0 spiro atoms. The second-order valence-corrected chi connectivity index (χ2v) is 7.64. The predicted molar refractivity (Wildman–Crippen MR) is 98.7 cm³/mol. The summed E-state index contributed by atoms with van der Waals surface area (Å²) >= 11 is 0. The third-order valence-corrected chi connectivity index (χ3v) is 5.92. The zero-order chi connectivity index (χ0) is 18.1. The van der Waals surface area contributed by atoms with Gasteiger partial charge in [-0.2, -0.15) is 0 Å². The molecule has 2 rings (SSSR count). The van der Waals surface area contributed by atoms with Crippen LogP contribution in [0.15, 0.2) is 60.7 Å². The largest absolute Gasteiger partial charge is 0.353 e. The molecule has 0 saturated heterocycles. The van der Waals surface area contributed by atoms with E-state index in [0.29, 0.717) is 12.0 Å². The van der Waals surface area contributed by atoms with Crippen molar-refractivity contribution < 1.29 is 18.4 Å². The number of hydrogen-bond acceptors (Lipinski definition) is 4. The van der Waals surface area contributed by atoms with Crippen LogP contribution in [0.1, 0.15) is 29.8 Å². The molecule has 2 aromatic carbocycles. The maximum Gasteiger partial charge on any atom is 0.353 e. The Bertz CT molecular complexity index is 696. The van der Waals surface area contributed by atoms with E-state index in [1.165, 1.54) is 0 Å². The molecule has 0 aromatic heterocycles. The molecule has 0 aliphatic carbocycles. The van der Waals surface area contributed by atoms with Crippen molar-refractivity contribution in [2.24, 2.45) is 0 Å². The summed E-state index contributed by atoms with van der Waals surface area (Å²) in [5.41, 5.74) is 1.45. The maximum absolute atomic E-state index is 13.2. The van der Waals surface area contributed by atoms with Crippen LogP contribution in [0.2, 0.25) is 0 Å². The summed E-state index contributed by atoms with van der Waals surface area (Å²) < 4.78 is 24.1. The fourth-order valence-corrected chi connectivity index (χ4v) is 4.34.